The van der Waals surface area contributed by atoms with Gasteiger partial charge >= 0.3 is 6.61 Å². The van der Waals surface area contributed by atoms with Gasteiger partial charge in [0.25, 0.3) is 0 Å². The SMILES string of the molecule is O=C(CC1(O)CCCCC1)Nc1ccccc1OC(F)F. The standard InChI is InChI=1S/C15H19F2NO3/c16-14(17)21-12-7-3-2-6-11(12)18-13(19)10-15(20)8-4-1-5-9-15/h2-3,6-7,14,20H,1,4-5,8-10H2,(H,18,19). The molecule has 0 heterocycles. The van der Waals surface area contributed by atoms with Crippen LogP contribution in [0.4, 0.5) is 14.5 Å². The van der Waals surface area contributed by atoms with Gasteiger partial charge in [0.05, 0.1) is 17.7 Å². The zero-order valence-corrected chi connectivity index (χ0v) is 11.6. The number of nitrogens with one attached hydrogen (secondary N) is 1. The predicted octanol–water partition coefficient (Wildman–Crippen LogP) is 3.31. The van der Waals surface area contributed by atoms with Crippen LogP contribution in [0.15, 0.2) is 24.3 Å². The average molecular weight is 299 g/mol. The van der Waals surface area contributed by atoms with Gasteiger partial charge in [-0.3, -0.25) is 4.79 Å². The molecule has 1 aliphatic rings. The lowest BCUT2D eigenvalue weighted by Gasteiger charge is -2.31. The second kappa shape index (κ2) is 6.85. The number of benzene rings is 1. The Hall–Kier alpha value is -1.69. The molecule has 2 N–H and O–H groups in total. The molecule has 1 saturated carbocycles. The summed E-state index contributed by atoms with van der Waals surface area (Å²) in [4.78, 5) is 12.0. The molecule has 0 aliphatic heterocycles. The number of alkyl halides is 2. The first-order valence-corrected chi connectivity index (χ1v) is 7.05. The van der Waals surface area contributed by atoms with Crippen molar-refractivity contribution in [3.8, 4) is 5.75 Å². The highest BCUT2D eigenvalue weighted by atomic mass is 19.3. The molecule has 0 atom stereocenters. The third-order valence-corrected chi connectivity index (χ3v) is 3.65. The van der Waals surface area contributed by atoms with Crippen molar-refractivity contribution in [3.05, 3.63) is 24.3 Å². The minimum absolute atomic E-state index is 0.0317. The second-order valence-electron chi connectivity index (χ2n) is 5.38. The summed E-state index contributed by atoms with van der Waals surface area (Å²) in [6, 6.07) is 6.00. The molecule has 1 fully saturated rings. The molecule has 1 aromatic carbocycles. The summed E-state index contributed by atoms with van der Waals surface area (Å²) in [6.07, 6.45) is 4.01. The summed E-state index contributed by atoms with van der Waals surface area (Å²) in [5, 5.41) is 12.9. The van der Waals surface area contributed by atoms with Crippen LogP contribution in [0.5, 0.6) is 5.75 Å². The van der Waals surface area contributed by atoms with Gasteiger partial charge in [0, 0.05) is 0 Å². The second-order valence-corrected chi connectivity index (χ2v) is 5.38. The normalized spacial score (nSPS) is 17.5. The number of hydrogen-bond donors (Lipinski definition) is 2. The topological polar surface area (TPSA) is 58.6 Å². The number of halogens is 2. The summed E-state index contributed by atoms with van der Waals surface area (Å²) in [5.41, 5.74) is -0.803. The quantitative estimate of drug-likeness (QED) is 0.877. The lowest BCUT2D eigenvalue weighted by molar-refractivity contribution is -0.122. The maximum atomic E-state index is 12.3. The van der Waals surface area contributed by atoms with Crippen molar-refractivity contribution in [3.63, 3.8) is 0 Å². The van der Waals surface area contributed by atoms with E-state index >= 15 is 0 Å². The van der Waals surface area contributed by atoms with Gasteiger partial charge in [0.2, 0.25) is 5.91 Å². The van der Waals surface area contributed by atoms with Gasteiger partial charge in [0.15, 0.2) is 0 Å². The third-order valence-electron chi connectivity index (χ3n) is 3.65. The summed E-state index contributed by atoms with van der Waals surface area (Å²) in [6.45, 7) is -2.95. The van der Waals surface area contributed by atoms with Crippen LogP contribution in [0.25, 0.3) is 0 Å². The van der Waals surface area contributed by atoms with E-state index in [1.165, 1.54) is 12.1 Å². The van der Waals surface area contributed by atoms with Crippen LogP contribution in [-0.2, 0) is 4.79 Å². The molecule has 0 spiro atoms. The van der Waals surface area contributed by atoms with Crippen molar-refractivity contribution >= 4 is 11.6 Å². The molecular weight excluding hydrogens is 280 g/mol. The first-order valence-electron chi connectivity index (χ1n) is 7.05. The molecule has 0 bridgehead atoms. The van der Waals surface area contributed by atoms with Gasteiger partial charge in [-0.25, -0.2) is 0 Å². The fraction of sp³-hybridized carbons (Fsp3) is 0.533. The van der Waals surface area contributed by atoms with E-state index in [9.17, 15) is 18.7 Å². The predicted molar refractivity (Wildman–Crippen MR) is 74.4 cm³/mol. The Bertz CT molecular complexity index is 488. The van der Waals surface area contributed by atoms with Crippen molar-refractivity contribution in [2.45, 2.75) is 50.7 Å². The first-order chi connectivity index (χ1) is 9.98. The maximum absolute atomic E-state index is 12.3. The van der Waals surface area contributed by atoms with Gasteiger partial charge in [-0.05, 0) is 25.0 Å². The van der Waals surface area contributed by atoms with E-state index in [4.69, 9.17) is 0 Å². The lowest BCUT2D eigenvalue weighted by atomic mass is 9.82. The van der Waals surface area contributed by atoms with Crippen LogP contribution < -0.4 is 10.1 Å². The highest BCUT2D eigenvalue weighted by Crippen LogP contribution is 2.32. The van der Waals surface area contributed by atoms with Gasteiger partial charge in [0.1, 0.15) is 5.75 Å². The summed E-state index contributed by atoms with van der Waals surface area (Å²) < 4.78 is 28.9. The number of rotatable bonds is 5. The van der Waals surface area contributed by atoms with E-state index in [0.717, 1.165) is 19.3 Å². The van der Waals surface area contributed by atoms with E-state index in [-0.39, 0.29) is 17.9 Å². The van der Waals surface area contributed by atoms with Crippen LogP contribution in [0.2, 0.25) is 0 Å². The minimum atomic E-state index is -2.95. The van der Waals surface area contributed by atoms with E-state index in [1.807, 2.05) is 0 Å². The largest absolute Gasteiger partial charge is 0.433 e. The molecule has 21 heavy (non-hydrogen) atoms. The number of hydrogen-bond acceptors (Lipinski definition) is 3. The van der Waals surface area contributed by atoms with Crippen molar-refractivity contribution in [2.75, 3.05) is 5.32 Å². The number of amides is 1. The molecule has 0 unspecified atom stereocenters. The van der Waals surface area contributed by atoms with Crippen LogP contribution in [0.1, 0.15) is 38.5 Å². The van der Waals surface area contributed by atoms with Gasteiger partial charge < -0.3 is 15.2 Å². The van der Waals surface area contributed by atoms with Crippen molar-refractivity contribution in [2.24, 2.45) is 0 Å². The molecule has 6 heteroatoms. The van der Waals surface area contributed by atoms with E-state index in [2.05, 4.69) is 10.1 Å². The van der Waals surface area contributed by atoms with Crippen LogP contribution in [0.3, 0.4) is 0 Å². The monoisotopic (exact) mass is 299 g/mol. The molecular formula is C15H19F2NO3. The number of carbonyl (C=O) groups is 1. The van der Waals surface area contributed by atoms with Crippen LogP contribution in [0, 0.1) is 0 Å². The van der Waals surface area contributed by atoms with E-state index in [0.29, 0.717) is 12.8 Å². The summed E-state index contributed by atoms with van der Waals surface area (Å²) in [7, 11) is 0. The molecule has 0 radical (unpaired) electrons. The molecule has 116 valence electrons. The molecule has 1 aromatic rings. The Labute approximate surface area is 122 Å². The van der Waals surface area contributed by atoms with Crippen LogP contribution >= 0.6 is 0 Å². The number of para-hydroxylation sites is 2. The van der Waals surface area contributed by atoms with Crippen molar-refractivity contribution < 1.29 is 23.4 Å². The van der Waals surface area contributed by atoms with Gasteiger partial charge in [-0.15, -0.1) is 0 Å². The van der Waals surface area contributed by atoms with Crippen molar-refractivity contribution in [1.29, 1.82) is 0 Å². The number of carbonyl (C=O) groups excluding carboxylic acids is 1. The summed E-state index contributed by atoms with van der Waals surface area (Å²) in [5.74, 6) is -0.485. The smallest absolute Gasteiger partial charge is 0.387 e. The Morgan fingerprint density at radius 1 is 1.29 bits per heavy atom. The van der Waals surface area contributed by atoms with Crippen molar-refractivity contribution in [1.82, 2.24) is 0 Å². The zero-order chi connectivity index (χ0) is 15.3. The lowest BCUT2D eigenvalue weighted by Crippen LogP contribution is -2.35. The third kappa shape index (κ3) is 4.67. The fourth-order valence-electron chi connectivity index (χ4n) is 2.65. The molecule has 1 amide bonds. The number of anilines is 1. The molecule has 2 rings (SSSR count). The Kier molecular flexibility index (Phi) is 5.12. The average Bonchev–Trinajstić information content (AvgIpc) is 2.40. The minimum Gasteiger partial charge on any atom is -0.433 e. The maximum Gasteiger partial charge on any atom is 0.387 e. The number of ether oxygens (including phenoxy) is 1. The molecule has 0 aromatic heterocycles. The molecule has 0 saturated heterocycles. The van der Waals surface area contributed by atoms with E-state index < -0.39 is 18.1 Å². The number of aliphatic hydroxyl groups is 1. The van der Waals surface area contributed by atoms with E-state index in [1.54, 1.807) is 12.1 Å². The Balaban J connectivity index is 1.99. The highest BCUT2D eigenvalue weighted by Gasteiger charge is 2.31. The fourth-order valence-corrected chi connectivity index (χ4v) is 2.65. The van der Waals surface area contributed by atoms with Gasteiger partial charge in [-0.1, -0.05) is 31.4 Å². The summed E-state index contributed by atoms with van der Waals surface area (Å²) >= 11 is 0. The Morgan fingerprint density at radius 3 is 2.62 bits per heavy atom. The highest BCUT2D eigenvalue weighted by molar-refractivity contribution is 5.92. The van der Waals surface area contributed by atoms with Gasteiger partial charge in [-0.2, -0.15) is 8.78 Å². The molecule has 1 aliphatic carbocycles. The molecule has 4 nitrogen and oxygen atoms in total. The zero-order valence-electron chi connectivity index (χ0n) is 11.6. The Morgan fingerprint density at radius 2 is 1.95 bits per heavy atom. The van der Waals surface area contributed by atoms with Crippen LogP contribution in [-0.4, -0.2) is 23.2 Å². The first kappa shape index (κ1) is 15.7.